The number of ether oxygens (including phenoxy) is 1. The zero-order chi connectivity index (χ0) is 15.7. The predicted molar refractivity (Wildman–Crippen MR) is 78.8 cm³/mol. The summed E-state index contributed by atoms with van der Waals surface area (Å²) >= 11 is 0. The third-order valence-electron chi connectivity index (χ3n) is 4.08. The van der Waals surface area contributed by atoms with Crippen LogP contribution < -0.4 is 0 Å². The highest BCUT2D eigenvalue weighted by Crippen LogP contribution is 2.44. The Hall–Kier alpha value is -2.43. The Labute approximate surface area is 128 Å². The van der Waals surface area contributed by atoms with E-state index in [1.807, 2.05) is 31.2 Å². The van der Waals surface area contributed by atoms with E-state index < -0.39 is 12.0 Å². The van der Waals surface area contributed by atoms with Crippen LogP contribution in [0.3, 0.4) is 0 Å². The third kappa shape index (κ3) is 2.32. The maximum Gasteiger partial charge on any atom is 0.313 e. The van der Waals surface area contributed by atoms with Crippen LogP contribution in [0.1, 0.15) is 42.9 Å². The minimum atomic E-state index is -0.422. The van der Waals surface area contributed by atoms with Gasteiger partial charge in [0.15, 0.2) is 0 Å². The first kappa shape index (κ1) is 14.5. The van der Waals surface area contributed by atoms with Crippen LogP contribution >= 0.6 is 0 Å². The van der Waals surface area contributed by atoms with Gasteiger partial charge in [0.05, 0.1) is 18.6 Å². The average molecular weight is 299 g/mol. The molecule has 1 aliphatic carbocycles. The molecule has 0 bridgehead atoms. The number of nitrogens with zero attached hydrogens (tertiary/aromatic N) is 1. The molecule has 1 aliphatic heterocycles. The van der Waals surface area contributed by atoms with Gasteiger partial charge in [-0.1, -0.05) is 31.2 Å². The van der Waals surface area contributed by atoms with Crippen LogP contribution in [0.15, 0.2) is 36.4 Å². The Bertz CT molecular complexity index is 646. The lowest BCUT2D eigenvalue weighted by Crippen LogP contribution is -2.33. The van der Waals surface area contributed by atoms with Gasteiger partial charge in [-0.15, -0.1) is 0 Å². The van der Waals surface area contributed by atoms with Crippen molar-refractivity contribution < 1.29 is 19.1 Å². The van der Waals surface area contributed by atoms with Gasteiger partial charge >= 0.3 is 5.97 Å². The average Bonchev–Trinajstić information content (AvgIpc) is 3.05. The van der Waals surface area contributed by atoms with Crippen molar-refractivity contribution in [2.45, 2.75) is 31.7 Å². The van der Waals surface area contributed by atoms with Gasteiger partial charge in [-0.25, -0.2) is 0 Å². The standard InChI is InChI=1S/C17H17NO4/c1-2-9-22-17(21)13-10-14(12-6-4-3-5-11(12)13)18-15(19)7-8-16(18)20/h3-8,13-14H,2,9-10H2,1H3/t13-,14-/m0/s1. The fourth-order valence-electron chi connectivity index (χ4n) is 3.10. The minimum Gasteiger partial charge on any atom is -0.465 e. The number of carbonyl (C=O) groups is 3. The Morgan fingerprint density at radius 1 is 1.18 bits per heavy atom. The van der Waals surface area contributed by atoms with E-state index in [9.17, 15) is 14.4 Å². The second-order valence-corrected chi connectivity index (χ2v) is 5.48. The monoisotopic (exact) mass is 299 g/mol. The minimum absolute atomic E-state index is 0.288. The Morgan fingerprint density at radius 3 is 2.45 bits per heavy atom. The molecular weight excluding hydrogens is 282 g/mol. The number of hydrogen-bond donors (Lipinski definition) is 0. The molecule has 1 aromatic rings. The number of amides is 2. The molecule has 0 N–H and O–H groups in total. The molecule has 1 aromatic carbocycles. The van der Waals surface area contributed by atoms with Gasteiger partial charge in [-0.2, -0.15) is 0 Å². The highest BCUT2D eigenvalue weighted by Gasteiger charge is 2.43. The summed E-state index contributed by atoms with van der Waals surface area (Å²) in [4.78, 5) is 37.4. The Kier molecular flexibility index (Phi) is 3.79. The summed E-state index contributed by atoms with van der Waals surface area (Å²) in [6.07, 6.45) is 3.69. The number of carbonyl (C=O) groups excluding carboxylic acids is 3. The molecule has 2 amide bonds. The molecule has 22 heavy (non-hydrogen) atoms. The number of hydrogen-bond acceptors (Lipinski definition) is 4. The quantitative estimate of drug-likeness (QED) is 0.631. The molecule has 2 aliphatic rings. The van der Waals surface area contributed by atoms with Crippen molar-refractivity contribution in [3.63, 3.8) is 0 Å². The lowest BCUT2D eigenvalue weighted by Gasteiger charge is -2.23. The summed E-state index contributed by atoms with van der Waals surface area (Å²) in [5.41, 5.74) is 1.70. The topological polar surface area (TPSA) is 63.7 Å². The van der Waals surface area contributed by atoms with Crippen molar-refractivity contribution in [1.29, 1.82) is 0 Å². The Morgan fingerprint density at radius 2 is 1.82 bits per heavy atom. The van der Waals surface area contributed by atoms with Crippen molar-refractivity contribution in [2.75, 3.05) is 6.61 Å². The van der Waals surface area contributed by atoms with Gasteiger partial charge < -0.3 is 4.74 Å². The fraction of sp³-hybridized carbons (Fsp3) is 0.353. The number of fused-ring (bicyclic) bond motifs is 1. The summed E-state index contributed by atoms with van der Waals surface area (Å²) in [6, 6.07) is 7.04. The first-order valence-corrected chi connectivity index (χ1v) is 7.44. The maximum atomic E-state index is 12.3. The summed E-state index contributed by atoms with van der Waals surface area (Å²) in [7, 11) is 0. The van der Waals surface area contributed by atoms with Crippen LogP contribution in [0.4, 0.5) is 0 Å². The van der Waals surface area contributed by atoms with Crippen molar-refractivity contribution in [1.82, 2.24) is 4.90 Å². The highest BCUT2D eigenvalue weighted by molar-refractivity contribution is 6.13. The fourth-order valence-corrected chi connectivity index (χ4v) is 3.10. The van der Waals surface area contributed by atoms with Crippen molar-refractivity contribution in [3.8, 4) is 0 Å². The molecule has 0 spiro atoms. The van der Waals surface area contributed by atoms with Crippen LogP contribution in [0.25, 0.3) is 0 Å². The van der Waals surface area contributed by atoms with Gasteiger partial charge in [0, 0.05) is 12.2 Å². The van der Waals surface area contributed by atoms with Crippen molar-refractivity contribution >= 4 is 17.8 Å². The molecule has 114 valence electrons. The molecule has 3 rings (SSSR count). The summed E-state index contributed by atoms with van der Waals surface area (Å²) < 4.78 is 5.25. The first-order valence-electron chi connectivity index (χ1n) is 7.44. The van der Waals surface area contributed by atoms with Gasteiger partial charge in [0.2, 0.25) is 0 Å². The van der Waals surface area contributed by atoms with E-state index in [4.69, 9.17) is 4.74 Å². The van der Waals surface area contributed by atoms with Gasteiger partial charge in [0.1, 0.15) is 0 Å². The van der Waals surface area contributed by atoms with Crippen LogP contribution in [-0.2, 0) is 19.1 Å². The number of imide groups is 1. The normalized spacial score (nSPS) is 23.0. The number of benzene rings is 1. The van der Waals surface area contributed by atoms with Crippen LogP contribution in [-0.4, -0.2) is 29.3 Å². The lowest BCUT2D eigenvalue weighted by molar-refractivity contribution is -0.147. The van der Waals surface area contributed by atoms with Crippen molar-refractivity contribution in [3.05, 3.63) is 47.5 Å². The van der Waals surface area contributed by atoms with E-state index in [0.717, 1.165) is 17.5 Å². The maximum absolute atomic E-state index is 12.3. The molecule has 0 saturated carbocycles. The molecule has 5 nitrogen and oxygen atoms in total. The second-order valence-electron chi connectivity index (χ2n) is 5.48. The largest absolute Gasteiger partial charge is 0.465 e. The SMILES string of the molecule is CCCOC(=O)[C@H]1C[C@H](N2C(=O)C=CC2=O)c2ccccc21. The van der Waals surface area contributed by atoms with Crippen LogP contribution in [0.2, 0.25) is 0 Å². The second kappa shape index (κ2) is 5.75. The molecule has 0 radical (unpaired) electrons. The van der Waals surface area contributed by atoms with Crippen LogP contribution in [0.5, 0.6) is 0 Å². The van der Waals surface area contributed by atoms with E-state index in [2.05, 4.69) is 0 Å². The number of esters is 1. The lowest BCUT2D eigenvalue weighted by atomic mass is 10.0. The zero-order valence-corrected chi connectivity index (χ0v) is 12.3. The summed E-state index contributed by atoms with van der Waals surface area (Å²) in [5.74, 6) is -1.36. The summed E-state index contributed by atoms with van der Waals surface area (Å²) in [5, 5.41) is 0. The molecule has 5 heteroatoms. The van der Waals surface area contributed by atoms with E-state index >= 15 is 0 Å². The molecule has 0 saturated heterocycles. The van der Waals surface area contributed by atoms with E-state index in [1.54, 1.807) is 0 Å². The smallest absolute Gasteiger partial charge is 0.313 e. The highest BCUT2D eigenvalue weighted by atomic mass is 16.5. The van der Waals surface area contributed by atoms with Crippen LogP contribution in [0, 0.1) is 0 Å². The molecule has 0 aromatic heterocycles. The first-order chi connectivity index (χ1) is 10.6. The van der Waals surface area contributed by atoms with E-state index in [-0.39, 0.29) is 17.8 Å². The van der Waals surface area contributed by atoms with Gasteiger partial charge in [-0.05, 0) is 24.0 Å². The molecule has 0 fully saturated rings. The van der Waals surface area contributed by atoms with Gasteiger partial charge in [0.25, 0.3) is 11.8 Å². The zero-order valence-electron chi connectivity index (χ0n) is 12.3. The Balaban J connectivity index is 1.91. The predicted octanol–water partition coefficient (Wildman–Crippen LogP) is 2.09. The molecule has 1 heterocycles. The van der Waals surface area contributed by atoms with E-state index in [1.165, 1.54) is 17.1 Å². The molecule has 2 atom stereocenters. The molecule has 0 unspecified atom stereocenters. The van der Waals surface area contributed by atoms with E-state index in [0.29, 0.717) is 13.0 Å². The summed E-state index contributed by atoms with van der Waals surface area (Å²) in [6.45, 7) is 2.32. The number of rotatable bonds is 4. The van der Waals surface area contributed by atoms with Crippen molar-refractivity contribution in [2.24, 2.45) is 0 Å². The third-order valence-corrected chi connectivity index (χ3v) is 4.08. The molecular formula is C17H17NO4. The van der Waals surface area contributed by atoms with Gasteiger partial charge in [-0.3, -0.25) is 19.3 Å².